The summed E-state index contributed by atoms with van der Waals surface area (Å²) in [5, 5.41) is 9.49. The van der Waals surface area contributed by atoms with Crippen LogP contribution in [0.1, 0.15) is 39.2 Å². The minimum atomic E-state index is -0.178. The Kier molecular flexibility index (Phi) is 7.96. The van der Waals surface area contributed by atoms with Crippen molar-refractivity contribution in [2.45, 2.75) is 39.0 Å². The molecule has 0 saturated heterocycles. The zero-order valence-electron chi connectivity index (χ0n) is 17.7. The lowest BCUT2D eigenvalue weighted by molar-refractivity contribution is -0.122. The summed E-state index contributed by atoms with van der Waals surface area (Å²) in [6.07, 6.45) is 2.04. The van der Waals surface area contributed by atoms with E-state index in [9.17, 15) is 4.79 Å². The molecule has 0 bridgehead atoms. The number of amides is 1. The molecule has 1 saturated carbocycles. The zero-order chi connectivity index (χ0) is 20.6. The lowest BCUT2D eigenvalue weighted by atomic mass is 9.84. The van der Waals surface area contributed by atoms with Crippen LogP contribution in [0.15, 0.2) is 23.2 Å². The van der Waals surface area contributed by atoms with Crippen LogP contribution in [0.5, 0.6) is 11.5 Å². The molecule has 7 nitrogen and oxygen atoms in total. The molecule has 1 aliphatic rings. The van der Waals surface area contributed by atoms with Crippen LogP contribution in [0.25, 0.3) is 0 Å². The van der Waals surface area contributed by atoms with Crippen LogP contribution in [0, 0.1) is 5.92 Å². The van der Waals surface area contributed by atoms with E-state index in [1.54, 1.807) is 14.2 Å². The first-order valence-corrected chi connectivity index (χ1v) is 9.93. The van der Waals surface area contributed by atoms with Crippen molar-refractivity contribution in [3.8, 4) is 11.5 Å². The quantitative estimate of drug-likeness (QED) is 0.324. The summed E-state index contributed by atoms with van der Waals surface area (Å²) in [5.41, 5.74) is 0.948. The van der Waals surface area contributed by atoms with E-state index in [-0.39, 0.29) is 17.2 Å². The van der Waals surface area contributed by atoms with Gasteiger partial charge >= 0.3 is 0 Å². The molecule has 0 unspecified atom stereocenters. The topological polar surface area (TPSA) is 84.0 Å². The number of carbonyl (C=O) groups excluding carboxylic acids is 1. The summed E-state index contributed by atoms with van der Waals surface area (Å²) >= 11 is 0. The third-order valence-electron chi connectivity index (χ3n) is 4.81. The van der Waals surface area contributed by atoms with Gasteiger partial charge in [0.25, 0.3) is 0 Å². The monoisotopic (exact) mass is 390 g/mol. The molecule has 1 aliphatic carbocycles. The largest absolute Gasteiger partial charge is 0.493 e. The molecule has 1 amide bonds. The average molecular weight is 391 g/mol. The van der Waals surface area contributed by atoms with E-state index in [1.807, 2.05) is 25.1 Å². The second kappa shape index (κ2) is 10.2. The molecule has 7 heteroatoms. The molecule has 1 fully saturated rings. The number of carbonyl (C=O) groups is 1. The molecule has 3 N–H and O–H groups in total. The highest BCUT2D eigenvalue weighted by atomic mass is 16.5. The van der Waals surface area contributed by atoms with Crippen molar-refractivity contribution in [3.63, 3.8) is 0 Å². The summed E-state index contributed by atoms with van der Waals surface area (Å²) in [6.45, 7) is 8.95. The molecule has 2 rings (SSSR count). The highest BCUT2D eigenvalue weighted by Gasteiger charge is 2.29. The van der Waals surface area contributed by atoms with Crippen molar-refractivity contribution >= 4 is 11.9 Å². The van der Waals surface area contributed by atoms with Crippen LogP contribution in [0.4, 0.5) is 0 Å². The maximum absolute atomic E-state index is 11.7. The van der Waals surface area contributed by atoms with Gasteiger partial charge in [-0.05, 0) is 37.5 Å². The minimum Gasteiger partial charge on any atom is -0.493 e. The van der Waals surface area contributed by atoms with Gasteiger partial charge in [0.15, 0.2) is 17.5 Å². The van der Waals surface area contributed by atoms with E-state index >= 15 is 0 Å². The number of rotatable bonds is 10. The van der Waals surface area contributed by atoms with Gasteiger partial charge in [0.2, 0.25) is 5.91 Å². The standard InChI is InChI=1S/C21H34N4O3/c1-6-22-20(24-12-11-23-19(26)15-7-8-15)25-14-21(2,3)16-9-10-17(27-4)18(13-16)28-5/h9-10,13,15H,6-8,11-12,14H2,1-5H3,(H,23,26)(H2,22,24,25). The lowest BCUT2D eigenvalue weighted by Crippen LogP contribution is -2.42. The molecule has 1 aromatic carbocycles. The number of benzene rings is 1. The first-order chi connectivity index (χ1) is 13.4. The Labute approximate surface area is 168 Å². The Morgan fingerprint density at radius 2 is 1.79 bits per heavy atom. The summed E-state index contributed by atoms with van der Waals surface area (Å²) in [7, 11) is 3.27. The van der Waals surface area contributed by atoms with Crippen LogP contribution in [0.3, 0.4) is 0 Å². The molecule has 0 aliphatic heterocycles. The van der Waals surface area contributed by atoms with Crippen LogP contribution < -0.4 is 25.4 Å². The van der Waals surface area contributed by atoms with E-state index in [2.05, 4.69) is 29.8 Å². The van der Waals surface area contributed by atoms with Crippen molar-refractivity contribution in [2.75, 3.05) is 40.4 Å². The molecule has 156 valence electrons. The molecule has 0 heterocycles. The highest BCUT2D eigenvalue weighted by Crippen LogP contribution is 2.33. The fourth-order valence-corrected chi connectivity index (χ4v) is 2.82. The van der Waals surface area contributed by atoms with Crippen molar-refractivity contribution in [1.82, 2.24) is 16.0 Å². The van der Waals surface area contributed by atoms with Crippen LogP contribution in [0.2, 0.25) is 0 Å². The number of hydrogen-bond acceptors (Lipinski definition) is 4. The molecule has 0 aromatic heterocycles. The van der Waals surface area contributed by atoms with E-state index in [0.717, 1.165) is 30.9 Å². The summed E-state index contributed by atoms with van der Waals surface area (Å²) < 4.78 is 10.7. The number of methoxy groups -OCH3 is 2. The number of ether oxygens (including phenoxy) is 2. The molecular formula is C21H34N4O3. The summed E-state index contributed by atoms with van der Waals surface area (Å²) in [4.78, 5) is 16.4. The lowest BCUT2D eigenvalue weighted by Gasteiger charge is -2.25. The Bertz CT molecular complexity index is 684. The zero-order valence-corrected chi connectivity index (χ0v) is 17.7. The molecular weight excluding hydrogens is 356 g/mol. The first-order valence-electron chi connectivity index (χ1n) is 9.93. The first kappa shape index (κ1) is 21.9. The predicted molar refractivity (Wildman–Crippen MR) is 112 cm³/mol. The number of hydrogen-bond donors (Lipinski definition) is 3. The Morgan fingerprint density at radius 1 is 1.11 bits per heavy atom. The fraction of sp³-hybridized carbons (Fsp3) is 0.619. The van der Waals surface area contributed by atoms with E-state index < -0.39 is 0 Å². The maximum Gasteiger partial charge on any atom is 0.223 e. The van der Waals surface area contributed by atoms with E-state index in [0.29, 0.717) is 31.1 Å². The Hall–Kier alpha value is -2.44. The summed E-state index contributed by atoms with van der Waals surface area (Å²) in [5.74, 6) is 2.58. The summed E-state index contributed by atoms with van der Waals surface area (Å²) in [6, 6.07) is 5.97. The maximum atomic E-state index is 11.7. The number of guanidine groups is 1. The molecule has 1 aromatic rings. The normalized spacial score (nSPS) is 14.4. The van der Waals surface area contributed by atoms with E-state index in [4.69, 9.17) is 14.5 Å². The van der Waals surface area contributed by atoms with Crippen molar-refractivity contribution < 1.29 is 14.3 Å². The van der Waals surface area contributed by atoms with Gasteiger partial charge in [0.1, 0.15) is 0 Å². The third-order valence-corrected chi connectivity index (χ3v) is 4.81. The second-order valence-electron chi connectivity index (χ2n) is 7.64. The third kappa shape index (κ3) is 6.32. The smallest absolute Gasteiger partial charge is 0.223 e. The van der Waals surface area contributed by atoms with Gasteiger partial charge in [-0.2, -0.15) is 0 Å². The van der Waals surface area contributed by atoms with Crippen molar-refractivity contribution in [2.24, 2.45) is 10.9 Å². The fourth-order valence-electron chi connectivity index (χ4n) is 2.82. The number of aliphatic imine (C=N–C) groups is 1. The van der Waals surface area contributed by atoms with Crippen molar-refractivity contribution in [1.29, 1.82) is 0 Å². The van der Waals surface area contributed by atoms with E-state index in [1.165, 1.54) is 0 Å². The van der Waals surface area contributed by atoms with Gasteiger partial charge in [0.05, 0.1) is 20.8 Å². The second-order valence-corrected chi connectivity index (χ2v) is 7.64. The van der Waals surface area contributed by atoms with Gasteiger partial charge < -0.3 is 25.4 Å². The predicted octanol–water partition coefficient (Wildman–Crippen LogP) is 2.06. The Morgan fingerprint density at radius 3 is 2.39 bits per heavy atom. The minimum absolute atomic E-state index is 0.165. The van der Waals surface area contributed by atoms with Crippen LogP contribution >= 0.6 is 0 Å². The molecule has 28 heavy (non-hydrogen) atoms. The van der Waals surface area contributed by atoms with Gasteiger partial charge in [-0.1, -0.05) is 19.9 Å². The van der Waals surface area contributed by atoms with Crippen LogP contribution in [-0.4, -0.2) is 52.3 Å². The molecule has 0 radical (unpaired) electrons. The SMILES string of the molecule is CCNC(=NCC(C)(C)c1ccc(OC)c(OC)c1)NCCNC(=O)C1CC1. The van der Waals surface area contributed by atoms with Gasteiger partial charge in [-0.3, -0.25) is 9.79 Å². The molecule has 0 spiro atoms. The number of nitrogens with one attached hydrogen (secondary N) is 3. The number of nitrogens with zero attached hydrogens (tertiary/aromatic N) is 1. The Balaban J connectivity index is 1.94. The van der Waals surface area contributed by atoms with Gasteiger partial charge in [-0.25, -0.2) is 0 Å². The van der Waals surface area contributed by atoms with Gasteiger partial charge in [0, 0.05) is 31.0 Å². The highest BCUT2D eigenvalue weighted by molar-refractivity contribution is 5.81. The van der Waals surface area contributed by atoms with Gasteiger partial charge in [-0.15, -0.1) is 0 Å². The average Bonchev–Trinajstić information content (AvgIpc) is 3.53. The van der Waals surface area contributed by atoms with Crippen molar-refractivity contribution in [3.05, 3.63) is 23.8 Å². The molecule has 0 atom stereocenters. The van der Waals surface area contributed by atoms with Crippen LogP contribution in [-0.2, 0) is 10.2 Å².